The molecule has 0 bridgehead atoms. The van der Waals surface area contributed by atoms with Gasteiger partial charge in [0.25, 0.3) is 5.91 Å². The highest BCUT2D eigenvalue weighted by molar-refractivity contribution is 7.15. The van der Waals surface area contributed by atoms with Gasteiger partial charge in [0.15, 0.2) is 5.13 Å². The minimum Gasteiger partial charge on any atom is -0.457 e. The molecule has 1 N–H and O–H groups in total. The van der Waals surface area contributed by atoms with Crippen LogP contribution in [0.3, 0.4) is 0 Å². The fourth-order valence-electron chi connectivity index (χ4n) is 2.75. The zero-order valence-corrected chi connectivity index (χ0v) is 16.2. The summed E-state index contributed by atoms with van der Waals surface area (Å²) in [7, 11) is 0. The lowest BCUT2D eigenvalue weighted by Gasteiger charge is -2.07. The number of para-hydroxylation sites is 1. The third-order valence-electron chi connectivity index (χ3n) is 4.14. The van der Waals surface area contributed by atoms with Crippen molar-refractivity contribution in [3.05, 3.63) is 107 Å². The Bertz CT molecular complexity index is 1110. The number of ether oxygens (including phenoxy) is 1. The molecule has 1 heterocycles. The Morgan fingerprint density at radius 1 is 0.966 bits per heavy atom. The molecule has 29 heavy (non-hydrogen) atoms. The van der Waals surface area contributed by atoms with Crippen LogP contribution in [0, 0.1) is 5.82 Å². The van der Waals surface area contributed by atoms with Gasteiger partial charge in [0, 0.05) is 23.1 Å². The molecule has 0 radical (unpaired) electrons. The highest BCUT2D eigenvalue weighted by Crippen LogP contribution is 2.24. The molecule has 3 aromatic carbocycles. The minimum absolute atomic E-state index is 0.258. The van der Waals surface area contributed by atoms with Crippen LogP contribution in [-0.4, -0.2) is 10.9 Å². The number of hydrogen-bond donors (Lipinski definition) is 1. The van der Waals surface area contributed by atoms with Crippen LogP contribution in [0.1, 0.15) is 20.8 Å². The Morgan fingerprint density at radius 3 is 2.52 bits per heavy atom. The highest BCUT2D eigenvalue weighted by Gasteiger charge is 2.11. The lowest BCUT2D eigenvalue weighted by molar-refractivity contribution is 0.102. The molecule has 4 aromatic rings. The molecule has 144 valence electrons. The standard InChI is InChI=1S/C23H17FN2O2S/c24-18-11-9-16(10-12-18)13-21-15-25-23(29-21)26-22(27)17-5-4-8-20(14-17)28-19-6-2-1-3-7-19/h1-12,14-15H,13H2,(H,25,26,27). The van der Waals surface area contributed by atoms with E-state index in [0.717, 1.165) is 10.4 Å². The fraction of sp³-hybridized carbons (Fsp3) is 0.0435. The normalized spacial score (nSPS) is 10.5. The zero-order chi connectivity index (χ0) is 20.1. The maximum atomic E-state index is 13.0. The maximum absolute atomic E-state index is 13.0. The van der Waals surface area contributed by atoms with Crippen LogP contribution >= 0.6 is 11.3 Å². The number of thiazole rings is 1. The van der Waals surface area contributed by atoms with Crippen molar-refractivity contribution in [1.29, 1.82) is 0 Å². The lowest BCUT2D eigenvalue weighted by Crippen LogP contribution is -2.11. The summed E-state index contributed by atoms with van der Waals surface area (Å²) in [6.07, 6.45) is 2.35. The van der Waals surface area contributed by atoms with E-state index >= 15 is 0 Å². The average Bonchev–Trinajstić information content (AvgIpc) is 3.17. The van der Waals surface area contributed by atoms with Crippen LogP contribution in [-0.2, 0) is 6.42 Å². The summed E-state index contributed by atoms with van der Waals surface area (Å²) in [6, 6.07) is 22.7. The quantitative estimate of drug-likeness (QED) is 0.434. The molecule has 0 saturated heterocycles. The monoisotopic (exact) mass is 404 g/mol. The number of carbonyl (C=O) groups excluding carboxylic acids is 1. The second-order valence-corrected chi connectivity index (χ2v) is 7.45. The summed E-state index contributed by atoms with van der Waals surface area (Å²) in [5.41, 5.74) is 1.47. The number of nitrogens with zero attached hydrogens (tertiary/aromatic N) is 1. The van der Waals surface area contributed by atoms with Gasteiger partial charge in [-0.1, -0.05) is 36.4 Å². The number of aromatic nitrogens is 1. The van der Waals surface area contributed by atoms with E-state index in [-0.39, 0.29) is 11.7 Å². The third kappa shape index (κ3) is 5.06. The molecule has 1 amide bonds. The number of amides is 1. The summed E-state index contributed by atoms with van der Waals surface area (Å²) in [5.74, 6) is 0.770. The molecular formula is C23H17FN2O2S. The molecule has 0 saturated carbocycles. The predicted octanol–water partition coefficient (Wildman–Crippen LogP) is 5.92. The van der Waals surface area contributed by atoms with Gasteiger partial charge in [-0.2, -0.15) is 0 Å². The van der Waals surface area contributed by atoms with E-state index in [0.29, 0.717) is 28.6 Å². The topological polar surface area (TPSA) is 51.2 Å². The summed E-state index contributed by atoms with van der Waals surface area (Å²) in [6.45, 7) is 0. The Hall–Kier alpha value is -3.51. The molecule has 0 aliphatic rings. The summed E-state index contributed by atoms with van der Waals surface area (Å²) >= 11 is 1.39. The smallest absolute Gasteiger partial charge is 0.257 e. The van der Waals surface area contributed by atoms with E-state index in [1.54, 1.807) is 42.6 Å². The van der Waals surface area contributed by atoms with Gasteiger partial charge in [0.05, 0.1) is 0 Å². The van der Waals surface area contributed by atoms with Crippen molar-refractivity contribution in [3.8, 4) is 11.5 Å². The van der Waals surface area contributed by atoms with Crippen LogP contribution < -0.4 is 10.1 Å². The number of benzene rings is 3. The number of anilines is 1. The number of carbonyl (C=O) groups is 1. The first-order valence-electron chi connectivity index (χ1n) is 8.99. The van der Waals surface area contributed by atoms with Gasteiger partial charge in [0.2, 0.25) is 0 Å². The third-order valence-corrected chi connectivity index (χ3v) is 5.05. The Balaban J connectivity index is 1.41. The molecule has 0 unspecified atom stereocenters. The zero-order valence-electron chi connectivity index (χ0n) is 15.3. The number of halogens is 1. The van der Waals surface area contributed by atoms with Crippen molar-refractivity contribution in [2.75, 3.05) is 5.32 Å². The van der Waals surface area contributed by atoms with Crippen LogP contribution in [0.15, 0.2) is 85.1 Å². The van der Waals surface area contributed by atoms with Crippen molar-refractivity contribution < 1.29 is 13.9 Å². The molecule has 0 spiro atoms. The van der Waals surface area contributed by atoms with Gasteiger partial charge in [0.1, 0.15) is 17.3 Å². The van der Waals surface area contributed by atoms with Gasteiger partial charge < -0.3 is 4.74 Å². The van der Waals surface area contributed by atoms with E-state index in [9.17, 15) is 9.18 Å². The fourth-order valence-corrected chi connectivity index (χ4v) is 3.59. The maximum Gasteiger partial charge on any atom is 0.257 e. The van der Waals surface area contributed by atoms with E-state index in [1.165, 1.54) is 23.5 Å². The largest absolute Gasteiger partial charge is 0.457 e. The highest BCUT2D eigenvalue weighted by atomic mass is 32.1. The Morgan fingerprint density at radius 2 is 1.72 bits per heavy atom. The van der Waals surface area contributed by atoms with Crippen LogP contribution in [0.4, 0.5) is 9.52 Å². The van der Waals surface area contributed by atoms with Gasteiger partial charge in [-0.3, -0.25) is 10.1 Å². The van der Waals surface area contributed by atoms with Gasteiger partial charge >= 0.3 is 0 Å². The molecule has 0 aliphatic heterocycles. The van der Waals surface area contributed by atoms with Crippen LogP contribution in [0.5, 0.6) is 11.5 Å². The SMILES string of the molecule is O=C(Nc1ncc(Cc2ccc(F)cc2)s1)c1cccc(Oc2ccccc2)c1. The summed E-state index contributed by atoms with van der Waals surface area (Å²) in [5, 5.41) is 3.33. The van der Waals surface area contributed by atoms with E-state index in [4.69, 9.17) is 4.74 Å². The summed E-state index contributed by atoms with van der Waals surface area (Å²) in [4.78, 5) is 17.8. The molecular weight excluding hydrogens is 387 g/mol. The minimum atomic E-state index is -0.260. The predicted molar refractivity (Wildman–Crippen MR) is 112 cm³/mol. The van der Waals surface area contributed by atoms with Gasteiger partial charge in [-0.15, -0.1) is 11.3 Å². The number of rotatable bonds is 6. The van der Waals surface area contributed by atoms with Crippen molar-refractivity contribution in [2.24, 2.45) is 0 Å². The molecule has 6 heteroatoms. The lowest BCUT2D eigenvalue weighted by atomic mass is 10.1. The molecule has 4 rings (SSSR count). The number of nitrogens with one attached hydrogen (secondary N) is 1. The van der Waals surface area contributed by atoms with Gasteiger partial charge in [-0.05, 0) is 48.0 Å². The van der Waals surface area contributed by atoms with E-state index in [2.05, 4.69) is 10.3 Å². The van der Waals surface area contributed by atoms with Crippen molar-refractivity contribution in [3.63, 3.8) is 0 Å². The first kappa shape index (κ1) is 18.8. The molecule has 1 aromatic heterocycles. The van der Waals surface area contributed by atoms with Crippen molar-refractivity contribution in [1.82, 2.24) is 4.98 Å². The van der Waals surface area contributed by atoms with E-state index < -0.39 is 0 Å². The summed E-state index contributed by atoms with van der Waals surface area (Å²) < 4.78 is 18.8. The first-order chi connectivity index (χ1) is 14.2. The van der Waals surface area contributed by atoms with Crippen LogP contribution in [0.25, 0.3) is 0 Å². The van der Waals surface area contributed by atoms with E-state index in [1.807, 2.05) is 30.3 Å². The molecule has 0 atom stereocenters. The van der Waals surface area contributed by atoms with Crippen LogP contribution in [0.2, 0.25) is 0 Å². The van der Waals surface area contributed by atoms with Crippen molar-refractivity contribution >= 4 is 22.4 Å². The Labute approximate surface area is 171 Å². The second-order valence-electron chi connectivity index (χ2n) is 6.33. The average molecular weight is 404 g/mol. The molecule has 4 nitrogen and oxygen atoms in total. The first-order valence-corrected chi connectivity index (χ1v) is 9.81. The Kier molecular flexibility index (Phi) is 5.63. The van der Waals surface area contributed by atoms with Crippen molar-refractivity contribution in [2.45, 2.75) is 6.42 Å². The molecule has 0 fully saturated rings. The number of hydrogen-bond acceptors (Lipinski definition) is 4. The molecule has 0 aliphatic carbocycles. The second kappa shape index (κ2) is 8.67. The van der Waals surface area contributed by atoms with Gasteiger partial charge in [-0.25, -0.2) is 9.37 Å².